The summed E-state index contributed by atoms with van der Waals surface area (Å²) in [7, 11) is 0. The molecule has 19 heavy (non-hydrogen) atoms. The molecule has 0 saturated heterocycles. The Morgan fingerprint density at radius 2 is 1.89 bits per heavy atom. The molecule has 98 valence electrons. The fraction of sp³-hybridized carbons (Fsp3) is 0.400. The predicted molar refractivity (Wildman–Crippen MR) is 70.1 cm³/mol. The quantitative estimate of drug-likeness (QED) is 0.360. The molecule has 0 bridgehead atoms. The van der Waals surface area contributed by atoms with Crippen LogP contribution >= 0.6 is 0 Å². The molecule has 0 N–H and O–H groups in total. The van der Waals surface area contributed by atoms with Crippen molar-refractivity contribution in [2.75, 3.05) is 6.61 Å². The Balaban J connectivity index is 0.00000324. The molecule has 4 heteroatoms. The molecule has 1 aromatic rings. The standard InChI is InChI=1S/C15H20O3.Na/c1-2-3-4-5-12-18-14-9-6-13(7-10-14)8-11-15(16)17;/h6-11H,2-5,12H2,1H3,(H,16,17);/q;+1/p-1/b11-8+;. The normalized spacial score (nSPS) is 10.2. The van der Waals surface area contributed by atoms with Gasteiger partial charge in [0.1, 0.15) is 5.75 Å². The minimum absolute atomic E-state index is 0. The molecule has 0 aliphatic heterocycles. The molecule has 0 spiro atoms. The number of hydrogen-bond donors (Lipinski definition) is 0. The predicted octanol–water partition coefficient (Wildman–Crippen LogP) is -0.587. The Morgan fingerprint density at radius 3 is 2.47 bits per heavy atom. The van der Waals surface area contributed by atoms with Gasteiger partial charge in [-0.25, -0.2) is 0 Å². The number of hydrogen-bond acceptors (Lipinski definition) is 3. The summed E-state index contributed by atoms with van der Waals surface area (Å²) in [5.41, 5.74) is 0.817. The van der Waals surface area contributed by atoms with Crippen molar-refractivity contribution in [2.45, 2.75) is 32.6 Å². The van der Waals surface area contributed by atoms with Gasteiger partial charge in [-0.1, -0.05) is 44.4 Å². The molecule has 1 aromatic carbocycles. The summed E-state index contributed by atoms with van der Waals surface area (Å²) >= 11 is 0. The molecule has 0 saturated carbocycles. The third-order valence-electron chi connectivity index (χ3n) is 2.56. The molecule has 0 unspecified atom stereocenters. The van der Waals surface area contributed by atoms with Crippen molar-refractivity contribution >= 4 is 12.0 Å². The Kier molecular flexibility index (Phi) is 10.6. The van der Waals surface area contributed by atoms with E-state index in [9.17, 15) is 9.90 Å². The molecule has 1 rings (SSSR count). The molecule has 0 atom stereocenters. The zero-order chi connectivity index (χ0) is 13.2. The molecule has 0 fully saturated rings. The Hall–Kier alpha value is -0.770. The third kappa shape index (κ3) is 8.87. The number of rotatable bonds is 8. The number of carboxylic acids is 1. The number of carbonyl (C=O) groups excluding carboxylic acids is 1. The van der Waals surface area contributed by atoms with Crippen LogP contribution in [0, 0.1) is 0 Å². The van der Waals surface area contributed by atoms with Crippen molar-refractivity contribution in [1.29, 1.82) is 0 Å². The van der Waals surface area contributed by atoms with Gasteiger partial charge in [0, 0.05) is 0 Å². The van der Waals surface area contributed by atoms with Gasteiger partial charge in [-0.2, -0.15) is 0 Å². The maximum absolute atomic E-state index is 10.2. The van der Waals surface area contributed by atoms with Gasteiger partial charge < -0.3 is 14.6 Å². The van der Waals surface area contributed by atoms with E-state index >= 15 is 0 Å². The molecule has 0 aromatic heterocycles. The molecule has 0 heterocycles. The van der Waals surface area contributed by atoms with Crippen molar-refractivity contribution < 1.29 is 44.2 Å². The molecular formula is C15H19NaO3. The Bertz CT molecular complexity index is 385. The average Bonchev–Trinajstić information content (AvgIpc) is 2.37. The van der Waals surface area contributed by atoms with Gasteiger partial charge in [0.25, 0.3) is 0 Å². The fourth-order valence-corrected chi connectivity index (χ4v) is 1.56. The van der Waals surface area contributed by atoms with Crippen molar-refractivity contribution in [3.05, 3.63) is 35.9 Å². The van der Waals surface area contributed by atoms with Crippen LogP contribution < -0.4 is 39.4 Å². The number of benzene rings is 1. The van der Waals surface area contributed by atoms with E-state index in [0.717, 1.165) is 30.4 Å². The van der Waals surface area contributed by atoms with Crippen molar-refractivity contribution in [1.82, 2.24) is 0 Å². The minimum atomic E-state index is -1.19. The first kappa shape index (κ1) is 18.2. The second-order valence-corrected chi connectivity index (χ2v) is 4.13. The van der Waals surface area contributed by atoms with Gasteiger partial charge in [-0.15, -0.1) is 0 Å². The van der Waals surface area contributed by atoms with Gasteiger partial charge >= 0.3 is 29.6 Å². The monoisotopic (exact) mass is 270 g/mol. The van der Waals surface area contributed by atoms with Gasteiger partial charge in [-0.05, 0) is 30.2 Å². The minimum Gasteiger partial charge on any atom is -0.545 e. The van der Waals surface area contributed by atoms with Crippen LogP contribution in [-0.2, 0) is 4.79 Å². The SMILES string of the molecule is CCCCCCOc1ccc(/C=C/C(=O)[O-])cc1.[Na+]. The zero-order valence-electron chi connectivity index (χ0n) is 11.7. The molecule has 0 aliphatic carbocycles. The smallest absolute Gasteiger partial charge is 0.545 e. The van der Waals surface area contributed by atoms with E-state index in [0.29, 0.717) is 0 Å². The van der Waals surface area contributed by atoms with Gasteiger partial charge in [0.15, 0.2) is 0 Å². The van der Waals surface area contributed by atoms with Gasteiger partial charge in [0.05, 0.1) is 12.6 Å². The molecule has 0 amide bonds. The summed E-state index contributed by atoms with van der Waals surface area (Å²) < 4.78 is 5.58. The number of unbranched alkanes of at least 4 members (excludes halogenated alkanes) is 3. The first-order valence-electron chi connectivity index (χ1n) is 6.34. The summed E-state index contributed by atoms with van der Waals surface area (Å²) in [6.45, 7) is 2.91. The number of carboxylic acid groups (broad SMARTS) is 1. The molecular weight excluding hydrogens is 251 g/mol. The molecule has 0 aliphatic rings. The van der Waals surface area contributed by atoms with Crippen molar-refractivity contribution in [3.63, 3.8) is 0 Å². The number of carbonyl (C=O) groups is 1. The van der Waals surface area contributed by atoms with Crippen LogP contribution in [0.1, 0.15) is 38.2 Å². The van der Waals surface area contributed by atoms with Crippen molar-refractivity contribution in [3.8, 4) is 5.75 Å². The maximum Gasteiger partial charge on any atom is 1.00 e. The second-order valence-electron chi connectivity index (χ2n) is 4.13. The summed E-state index contributed by atoms with van der Waals surface area (Å²) in [5.74, 6) is -0.372. The third-order valence-corrected chi connectivity index (χ3v) is 2.56. The van der Waals surface area contributed by atoms with E-state index in [2.05, 4.69) is 6.92 Å². The van der Waals surface area contributed by atoms with Crippen LogP contribution in [0.5, 0.6) is 5.75 Å². The summed E-state index contributed by atoms with van der Waals surface area (Å²) in [5, 5.41) is 10.2. The van der Waals surface area contributed by atoms with Gasteiger partial charge in [0.2, 0.25) is 0 Å². The Labute approximate surface area is 137 Å². The fourth-order valence-electron chi connectivity index (χ4n) is 1.56. The van der Waals surface area contributed by atoms with Crippen LogP contribution in [-0.4, -0.2) is 12.6 Å². The van der Waals surface area contributed by atoms with E-state index in [1.807, 2.05) is 24.3 Å². The van der Waals surface area contributed by atoms with Crippen molar-refractivity contribution in [2.24, 2.45) is 0 Å². The van der Waals surface area contributed by atoms with E-state index in [-0.39, 0.29) is 29.6 Å². The average molecular weight is 270 g/mol. The second kappa shape index (κ2) is 11.1. The van der Waals surface area contributed by atoms with Gasteiger partial charge in [-0.3, -0.25) is 0 Å². The van der Waals surface area contributed by atoms with E-state index in [1.165, 1.54) is 25.3 Å². The number of aliphatic carboxylic acids is 1. The summed E-state index contributed by atoms with van der Waals surface area (Å²) in [6.07, 6.45) is 7.25. The maximum atomic E-state index is 10.2. The van der Waals surface area contributed by atoms with Crippen LogP contribution in [0.15, 0.2) is 30.3 Å². The first-order valence-corrected chi connectivity index (χ1v) is 6.34. The zero-order valence-corrected chi connectivity index (χ0v) is 13.7. The van der Waals surface area contributed by atoms with Crippen LogP contribution in [0.25, 0.3) is 6.08 Å². The largest absolute Gasteiger partial charge is 1.00 e. The Morgan fingerprint density at radius 1 is 1.21 bits per heavy atom. The van der Waals surface area contributed by atoms with E-state index in [4.69, 9.17) is 4.74 Å². The molecule has 3 nitrogen and oxygen atoms in total. The van der Waals surface area contributed by atoms with Crippen LogP contribution in [0.2, 0.25) is 0 Å². The molecule has 0 radical (unpaired) electrons. The summed E-state index contributed by atoms with van der Waals surface area (Å²) in [6, 6.07) is 7.32. The first-order chi connectivity index (χ1) is 8.72. The van der Waals surface area contributed by atoms with E-state index < -0.39 is 5.97 Å². The number of ether oxygens (including phenoxy) is 1. The van der Waals surface area contributed by atoms with Crippen LogP contribution in [0.4, 0.5) is 0 Å². The summed E-state index contributed by atoms with van der Waals surface area (Å²) in [4.78, 5) is 10.2. The van der Waals surface area contributed by atoms with Crippen LogP contribution in [0.3, 0.4) is 0 Å². The topological polar surface area (TPSA) is 49.4 Å². The van der Waals surface area contributed by atoms with E-state index in [1.54, 1.807) is 0 Å².